The molecule has 0 bridgehead atoms. The first-order valence-corrected chi connectivity index (χ1v) is 6.83. The molecule has 0 spiro atoms. The molecule has 2 saturated carbocycles. The zero-order valence-corrected chi connectivity index (χ0v) is 11.1. The van der Waals surface area contributed by atoms with Crippen LogP contribution in [0.4, 0.5) is 13.2 Å². The first kappa shape index (κ1) is 13.5. The third-order valence-electron chi connectivity index (χ3n) is 3.72. The fourth-order valence-corrected chi connectivity index (χ4v) is 2.20. The minimum absolute atomic E-state index is 0.106. The van der Waals surface area contributed by atoms with Crippen LogP contribution in [0.15, 0.2) is 6.07 Å². The first-order chi connectivity index (χ1) is 9.36. The number of carbonyl (C=O) groups excluding carboxylic acids is 1. The van der Waals surface area contributed by atoms with Crippen LogP contribution in [-0.4, -0.2) is 21.7 Å². The van der Waals surface area contributed by atoms with E-state index in [0.717, 1.165) is 31.7 Å². The monoisotopic (exact) mass is 287 g/mol. The van der Waals surface area contributed by atoms with Crippen LogP contribution in [0.2, 0.25) is 0 Å². The van der Waals surface area contributed by atoms with Crippen LogP contribution in [0.5, 0.6) is 0 Å². The second-order valence-corrected chi connectivity index (χ2v) is 5.63. The Hall–Kier alpha value is -1.53. The fourth-order valence-electron chi connectivity index (χ4n) is 2.20. The number of alkyl halides is 3. The van der Waals surface area contributed by atoms with Crippen molar-refractivity contribution in [1.82, 2.24) is 15.1 Å². The molecule has 3 rings (SSSR count). The van der Waals surface area contributed by atoms with Crippen molar-refractivity contribution in [2.45, 2.75) is 56.8 Å². The molecule has 110 valence electrons. The van der Waals surface area contributed by atoms with Crippen molar-refractivity contribution < 1.29 is 18.0 Å². The molecule has 1 unspecified atom stereocenters. The van der Waals surface area contributed by atoms with Gasteiger partial charge in [0, 0.05) is 17.7 Å². The lowest BCUT2D eigenvalue weighted by molar-refractivity contribution is -0.142. The van der Waals surface area contributed by atoms with E-state index in [1.807, 2.05) is 0 Å². The minimum Gasteiger partial charge on any atom is -0.352 e. The number of aromatic nitrogens is 2. The normalized spacial score (nSPS) is 20.8. The van der Waals surface area contributed by atoms with Crippen molar-refractivity contribution in [3.63, 3.8) is 0 Å². The molecule has 2 aliphatic rings. The molecule has 7 heteroatoms. The summed E-state index contributed by atoms with van der Waals surface area (Å²) >= 11 is 0. The molecule has 20 heavy (non-hydrogen) atoms. The number of amides is 1. The molecule has 1 heterocycles. The van der Waals surface area contributed by atoms with Crippen LogP contribution >= 0.6 is 0 Å². The van der Waals surface area contributed by atoms with E-state index in [1.54, 1.807) is 6.92 Å². The molecular formula is C13H16F3N3O. The van der Waals surface area contributed by atoms with Gasteiger partial charge in [0.2, 0.25) is 5.91 Å². The molecule has 2 aliphatic carbocycles. The SMILES string of the molecule is CC(C(=O)NC1CC1)n1nc(C(F)(F)F)cc1C1CC1. The lowest BCUT2D eigenvalue weighted by Gasteiger charge is -2.15. The van der Waals surface area contributed by atoms with E-state index in [9.17, 15) is 18.0 Å². The minimum atomic E-state index is -4.47. The van der Waals surface area contributed by atoms with Gasteiger partial charge in [-0.25, -0.2) is 0 Å². The van der Waals surface area contributed by atoms with Gasteiger partial charge in [-0.15, -0.1) is 0 Å². The quantitative estimate of drug-likeness (QED) is 0.925. The maximum Gasteiger partial charge on any atom is 0.435 e. The highest BCUT2D eigenvalue weighted by Crippen LogP contribution is 2.43. The Morgan fingerprint density at radius 1 is 1.40 bits per heavy atom. The van der Waals surface area contributed by atoms with E-state index in [0.29, 0.717) is 5.69 Å². The van der Waals surface area contributed by atoms with Gasteiger partial charge in [-0.1, -0.05) is 0 Å². The standard InChI is InChI=1S/C13H16F3N3O/c1-7(12(20)17-9-4-5-9)19-10(8-2-3-8)6-11(18-19)13(14,15)16/h6-9H,2-5H2,1H3,(H,17,20). The van der Waals surface area contributed by atoms with Crippen LogP contribution in [0.3, 0.4) is 0 Å². The van der Waals surface area contributed by atoms with Crippen molar-refractivity contribution in [2.24, 2.45) is 0 Å². The molecule has 1 atom stereocenters. The van der Waals surface area contributed by atoms with Gasteiger partial charge >= 0.3 is 6.18 Å². The van der Waals surface area contributed by atoms with E-state index >= 15 is 0 Å². The molecule has 1 N–H and O–H groups in total. The second kappa shape index (κ2) is 4.49. The van der Waals surface area contributed by atoms with Crippen molar-refractivity contribution >= 4 is 5.91 Å². The van der Waals surface area contributed by atoms with Gasteiger partial charge in [0.25, 0.3) is 0 Å². The molecule has 0 radical (unpaired) electrons. The zero-order valence-electron chi connectivity index (χ0n) is 11.1. The highest BCUT2D eigenvalue weighted by atomic mass is 19.4. The topological polar surface area (TPSA) is 46.9 Å². The predicted molar refractivity (Wildman–Crippen MR) is 65.1 cm³/mol. The average molecular weight is 287 g/mol. The Balaban J connectivity index is 1.86. The van der Waals surface area contributed by atoms with E-state index in [1.165, 1.54) is 4.68 Å². The molecule has 2 fully saturated rings. The number of hydrogen-bond donors (Lipinski definition) is 1. The van der Waals surface area contributed by atoms with Gasteiger partial charge in [-0.3, -0.25) is 9.48 Å². The molecule has 1 aromatic heterocycles. The van der Waals surface area contributed by atoms with Crippen LogP contribution in [0.1, 0.15) is 56.0 Å². The highest BCUT2D eigenvalue weighted by Gasteiger charge is 2.39. The molecule has 4 nitrogen and oxygen atoms in total. The van der Waals surface area contributed by atoms with Crippen LogP contribution in [0, 0.1) is 0 Å². The predicted octanol–water partition coefficient (Wildman–Crippen LogP) is 2.62. The van der Waals surface area contributed by atoms with Crippen LogP contribution in [-0.2, 0) is 11.0 Å². The maximum atomic E-state index is 12.8. The molecule has 1 aromatic rings. The van der Waals surface area contributed by atoms with Crippen LogP contribution in [0.25, 0.3) is 0 Å². The van der Waals surface area contributed by atoms with Crippen molar-refractivity contribution in [2.75, 3.05) is 0 Å². The van der Waals surface area contributed by atoms with E-state index in [2.05, 4.69) is 10.4 Å². The number of nitrogens with one attached hydrogen (secondary N) is 1. The fraction of sp³-hybridized carbons (Fsp3) is 0.692. The molecule has 0 saturated heterocycles. The summed E-state index contributed by atoms with van der Waals surface area (Å²) in [5.74, 6) is -0.152. The van der Waals surface area contributed by atoms with E-state index in [4.69, 9.17) is 0 Å². The summed E-state index contributed by atoms with van der Waals surface area (Å²) in [5, 5.41) is 6.43. The van der Waals surface area contributed by atoms with Crippen molar-refractivity contribution in [3.8, 4) is 0 Å². The summed E-state index contributed by atoms with van der Waals surface area (Å²) in [7, 11) is 0. The first-order valence-electron chi connectivity index (χ1n) is 6.83. The zero-order chi connectivity index (χ0) is 14.5. The Labute approximate surface area is 114 Å². The number of carbonyl (C=O) groups is 1. The van der Waals surface area contributed by atoms with Crippen molar-refractivity contribution in [3.05, 3.63) is 17.5 Å². The largest absolute Gasteiger partial charge is 0.435 e. The highest BCUT2D eigenvalue weighted by molar-refractivity contribution is 5.80. The third-order valence-corrected chi connectivity index (χ3v) is 3.72. The van der Waals surface area contributed by atoms with Gasteiger partial charge in [0.15, 0.2) is 5.69 Å². The summed E-state index contributed by atoms with van der Waals surface area (Å²) < 4.78 is 39.6. The number of hydrogen-bond acceptors (Lipinski definition) is 2. The third kappa shape index (κ3) is 2.66. The van der Waals surface area contributed by atoms with Gasteiger partial charge in [-0.05, 0) is 38.7 Å². The number of halogens is 3. The summed E-state index contributed by atoms with van der Waals surface area (Å²) in [4.78, 5) is 12.0. The van der Waals surface area contributed by atoms with Gasteiger partial charge in [0.05, 0.1) is 0 Å². The molecular weight excluding hydrogens is 271 g/mol. The Morgan fingerprint density at radius 2 is 2.05 bits per heavy atom. The summed E-state index contributed by atoms with van der Waals surface area (Å²) in [6.07, 6.45) is -0.858. The number of rotatable bonds is 4. The second-order valence-electron chi connectivity index (χ2n) is 5.63. The maximum absolute atomic E-state index is 12.8. The Morgan fingerprint density at radius 3 is 2.55 bits per heavy atom. The summed E-state index contributed by atoms with van der Waals surface area (Å²) in [5.41, 5.74) is -0.388. The van der Waals surface area contributed by atoms with Crippen LogP contribution < -0.4 is 5.32 Å². The summed E-state index contributed by atoms with van der Waals surface area (Å²) in [6.45, 7) is 1.59. The van der Waals surface area contributed by atoms with Gasteiger partial charge < -0.3 is 5.32 Å². The Kier molecular flexibility index (Phi) is 3.02. The molecule has 0 aliphatic heterocycles. The van der Waals surface area contributed by atoms with E-state index < -0.39 is 17.9 Å². The number of nitrogens with zero attached hydrogens (tertiary/aromatic N) is 2. The smallest absolute Gasteiger partial charge is 0.352 e. The average Bonchev–Trinajstić information content (AvgIpc) is 3.27. The van der Waals surface area contributed by atoms with E-state index in [-0.39, 0.29) is 17.9 Å². The molecule has 0 aromatic carbocycles. The lowest BCUT2D eigenvalue weighted by Crippen LogP contribution is -2.33. The van der Waals surface area contributed by atoms with Crippen molar-refractivity contribution in [1.29, 1.82) is 0 Å². The lowest BCUT2D eigenvalue weighted by atomic mass is 10.2. The summed E-state index contributed by atoms with van der Waals surface area (Å²) in [6, 6.07) is 0.563. The Bertz CT molecular complexity index is 529. The van der Waals surface area contributed by atoms with Gasteiger partial charge in [0.1, 0.15) is 6.04 Å². The molecule has 1 amide bonds. The van der Waals surface area contributed by atoms with Gasteiger partial charge in [-0.2, -0.15) is 18.3 Å².